The number of aryl methyl sites for hydroxylation is 1. The molecule has 1 amide bonds. The summed E-state index contributed by atoms with van der Waals surface area (Å²) in [6.45, 7) is 13.1. The van der Waals surface area contributed by atoms with Crippen LogP contribution in [0.2, 0.25) is 0 Å². The average molecular weight is 584 g/mol. The maximum Gasteiger partial charge on any atom is 0.514 e. The molecule has 3 rings (SSSR count). The number of carbonyl (C=O) groups is 2. The predicted molar refractivity (Wildman–Crippen MR) is 155 cm³/mol. The Morgan fingerprint density at radius 1 is 0.976 bits per heavy atom. The Balaban J connectivity index is 2.03. The van der Waals surface area contributed by atoms with Gasteiger partial charge in [-0.15, -0.1) is 0 Å². The monoisotopic (exact) mass is 583 g/mol. The van der Waals surface area contributed by atoms with Crippen molar-refractivity contribution in [2.75, 3.05) is 6.54 Å². The van der Waals surface area contributed by atoms with Crippen molar-refractivity contribution in [3.63, 3.8) is 0 Å². The topological polar surface area (TPSA) is 161 Å². The van der Waals surface area contributed by atoms with Crippen molar-refractivity contribution in [1.29, 1.82) is 0 Å². The van der Waals surface area contributed by atoms with Crippen LogP contribution in [0, 0.1) is 17.0 Å². The third kappa shape index (κ3) is 8.29. The molecule has 3 aromatic rings. The number of amides is 1. The summed E-state index contributed by atoms with van der Waals surface area (Å²) in [6.07, 6.45) is -1.68. The highest BCUT2D eigenvalue weighted by atomic mass is 16.7. The molecule has 0 aliphatic carbocycles. The Labute approximate surface area is 243 Å². The van der Waals surface area contributed by atoms with E-state index in [1.807, 2.05) is 0 Å². The Hall–Kier alpha value is -4.45. The van der Waals surface area contributed by atoms with Crippen LogP contribution < -0.4 is 10.3 Å². The molecule has 0 unspecified atom stereocenters. The first-order chi connectivity index (χ1) is 19.3. The van der Waals surface area contributed by atoms with E-state index in [-0.39, 0.29) is 30.0 Å². The van der Waals surface area contributed by atoms with Crippen LogP contribution in [0.3, 0.4) is 0 Å². The molecule has 0 fully saturated rings. The average Bonchev–Trinajstić information content (AvgIpc) is 2.82. The van der Waals surface area contributed by atoms with Gasteiger partial charge in [0, 0.05) is 30.1 Å². The van der Waals surface area contributed by atoms with E-state index in [0.717, 1.165) is 0 Å². The fourth-order valence-electron chi connectivity index (χ4n) is 4.29. The first-order valence-electron chi connectivity index (χ1n) is 13.3. The van der Waals surface area contributed by atoms with Gasteiger partial charge in [0.15, 0.2) is 5.75 Å². The van der Waals surface area contributed by atoms with Crippen LogP contribution in [0.15, 0.2) is 47.3 Å². The molecule has 0 bridgehead atoms. The smallest absolute Gasteiger partial charge is 0.444 e. The fraction of sp³-hybridized carbons (Fsp3) is 0.433. The van der Waals surface area contributed by atoms with Crippen molar-refractivity contribution >= 4 is 28.8 Å². The number of nitro benzene ring substituents is 1. The second kappa shape index (κ2) is 11.8. The van der Waals surface area contributed by atoms with E-state index in [9.17, 15) is 29.6 Å². The molecule has 0 saturated heterocycles. The number of benzene rings is 2. The summed E-state index contributed by atoms with van der Waals surface area (Å²) < 4.78 is 16.2. The van der Waals surface area contributed by atoms with Crippen LogP contribution in [0.4, 0.5) is 15.3 Å². The Morgan fingerprint density at radius 3 is 2.19 bits per heavy atom. The molecule has 42 heavy (non-hydrogen) atoms. The molecule has 0 aliphatic rings. The van der Waals surface area contributed by atoms with Crippen molar-refractivity contribution in [2.45, 2.75) is 78.7 Å². The van der Waals surface area contributed by atoms with E-state index >= 15 is 0 Å². The molecule has 0 spiro atoms. The van der Waals surface area contributed by atoms with E-state index in [1.54, 1.807) is 54.5 Å². The normalized spacial score (nSPS) is 13.3. The lowest BCUT2D eigenvalue weighted by atomic mass is 9.91. The lowest BCUT2D eigenvalue weighted by Crippen LogP contribution is -2.44. The molecule has 0 aliphatic heterocycles. The number of carbonyl (C=O) groups excluding carboxylic acids is 2. The SMILES string of the molecule is Cc1cc([N+](=O)[O-])ccc1CN(C[C@@](C)(O)c1ccc(OC(=O)OC(C)(C)C)c2[nH]c(=O)ccc12)C(=O)OC(C)(C)C. The lowest BCUT2D eigenvalue weighted by molar-refractivity contribution is -0.384. The number of hydrogen-bond acceptors (Lipinski definition) is 9. The zero-order valence-corrected chi connectivity index (χ0v) is 25.1. The number of aromatic nitrogens is 1. The maximum atomic E-state index is 13.3. The summed E-state index contributed by atoms with van der Waals surface area (Å²) in [5.41, 5.74) is -2.19. The minimum absolute atomic E-state index is 0.0104. The third-order valence-corrected chi connectivity index (χ3v) is 6.07. The summed E-state index contributed by atoms with van der Waals surface area (Å²) in [7, 11) is 0. The number of non-ortho nitro benzene ring substituents is 1. The number of aromatic amines is 1. The number of rotatable bonds is 7. The van der Waals surface area contributed by atoms with Crippen molar-refractivity contribution in [3.8, 4) is 5.75 Å². The first-order valence-corrected chi connectivity index (χ1v) is 13.3. The molecule has 226 valence electrons. The highest BCUT2D eigenvalue weighted by Crippen LogP contribution is 2.34. The number of fused-ring (bicyclic) bond motifs is 1. The highest BCUT2D eigenvalue weighted by Gasteiger charge is 2.34. The molecule has 1 heterocycles. The van der Waals surface area contributed by atoms with Crippen molar-refractivity contribution < 1.29 is 33.8 Å². The zero-order valence-electron chi connectivity index (χ0n) is 25.1. The molecule has 2 N–H and O–H groups in total. The van der Waals surface area contributed by atoms with Gasteiger partial charge in [-0.3, -0.25) is 14.9 Å². The minimum atomic E-state index is -1.70. The standard InChI is InChI=1S/C30H37N3O9/c1-18-15-20(33(38)39)10-9-19(18)16-32(26(35)41-28(2,3)4)17-30(8,37)22-12-13-23(40-27(36)42-29(5,6)7)25-21(22)11-14-24(34)31-25/h9-15,37H,16-17H2,1-8H3,(H,31,34)/t30-/m1/s1. The second-order valence-electron chi connectivity index (χ2n) is 12.3. The van der Waals surface area contributed by atoms with E-state index in [0.29, 0.717) is 22.1 Å². The lowest BCUT2D eigenvalue weighted by Gasteiger charge is -2.34. The van der Waals surface area contributed by atoms with E-state index in [1.165, 1.54) is 48.2 Å². The van der Waals surface area contributed by atoms with Crippen LogP contribution in [0.1, 0.15) is 65.2 Å². The van der Waals surface area contributed by atoms with Crippen LogP contribution in [-0.2, 0) is 21.6 Å². The first kappa shape index (κ1) is 32.1. The van der Waals surface area contributed by atoms with Gasteiger partial charge < -0.3 is 29.2 Å². The van der Waals surface area contributed by atoms with E-state index < -0.39 is 39.5 Å². The van der Waals surface area contributed by atoms with Gasteiger partial charge in [0.05, 0.1) is 17.0 Å². The number of nitrogens with one attached hydrogen (secondary N) is 1. The molecule has 1 aromatic heterocycles. The van der Waals surface area contributed by atoms with Crippen LogP contribution >= 0.6 is 0 Å². The minimum Gasteiger partial charge on any atom is -0.444 e. The van der Waals surface area contributed by atoms with Gasteiger partial charge in [-0.2, -0.15) is 0 Å². The van der Waals surface area contributed by atoms with Gasteiger partial charge in [-0.1, -0.05) is 12.1 Å². The van der Waals surface area contributed by atoms with Gasteiger partial charge in [0.1, 0.15) is 16.8 Å². The fourth-order valence-corrected chi connectivity index (χ4v) is 4.29. The third-order valence-electron chi connectivity index (χ3n) is 6.07. The van der Waals surface area contributed by atoms with Crippen LogP contribution in [0.25, 0.3) is 10.9 Å². The van der Waals surface area contributed by atoms with Gasteiger partial charge in [0.25, 0.3) is 5.69 Å². The second-order valence-corrected chi connectivity index (χ2v) is 12.3. The molecule has 0 radical (unpaired) electrons. The van der Waals surface area contributed by atoms with Crippen molar-refractivity contribution in [2.24, 2.45) is 0 Å². The summed E-state index contributed by atoms with van der Waals surface area (Å²) in [6, 6.07) is 10.0. The molecule has 12 heteroatoms. The number of nitrogens with zero attached hydrogens (tertiary/aromatic N) is 2. The van der Waals surface area contributed by atoms with Crippen molar-refractivity contribution in [3.05, 3.63) is 79.6 Å². The van der Waals surface area contributed by atoms with Gasteiger partial charge in [-0.05, 0) is 84.2 Å². The van der Waals surface area contributed by atoms with E-state index in [4.69, 9.17) is 14.2 Å². The van der Waals surface area contributed by atoms with Crippen LogP contribution in [0.5, 0.6) is 5.75 Å². The van der Waals surface area contributed by atoms with Gasteiger partial charge in [-0.25, -0.2) is 9.59 Å². The molecule has 2 aromatic carbocycles. The van der Waals surface area contributed by atoms with E-state index in [2.05, 4.69) is 4.98 Å². The number of ether oxygens (including phenoxy) is 3. The quantitative estimate of drug-likeness (QED) is 0.154. The molecule has 1 atom stereocenters. The summed E-state index contributed by atoms with van der Waals surface area (Å²) in [5.74, 6) is 0.0157. The predicted octanol–water partition coefficient (Wildman–Crippen LogP) is 5.70. The van der Waals surface area contributed by atoms with Crippen LogP contribution in [-0.4, -0.2) is 49.9 Å². The number of pyridine rings is 1. The van der Waals surface area contributed by atoms with Gasteiger partial charge in [0.2, 0.25) is 5.56 Å². The van der Waals surface area contributed by atoms with Gasteiger partial charge >= 0.3 is 12.2 Å². The van der Waals surface area contributed by atoms with Crippen molar-refractivity contribution in [1.82, 2.24) is 9.88 Å². The number of H-pyrrole nitrogens is 1. The Morgan fingerprint density at radius 2 is 1.62 bits per heavy atom. The Kier molecular flexibility index (Phi) is 9.01. The maximum absolute atomic E-state index is 13.3. The zero-order chi connectivity index (χ0) is 31.6. The molecular weight excluding hydrogens is 546 g/mol. The molecule has 12 nitrogen and oxygen atoms in total. The summed E-state index contributed by atoms with van der Waals surface area (Å²) >= 11 is 0. The Bertz CT molecular complexity index is 1560. The number of aliphatic hydroxyl groups is 1. The summed E-state index contributed by atoms with van der Waals surface area (Å²) in [5, 5.41) is 23.4. The molecule has 0 saturated carbocycles. The molecular formula is C30H37N3O9. The summed E-state index contributed by atoms with van der Waals surface area (Å²) in [4.78, 5) is 52.5. The number of nitro groups is 1. The number of hydrogen-bond donors (Lipinski definition) is 2. The highest BCUT2D eigenvalue weighted by molar-refractivity contribution is 5.89. The largest absolute Gasteiger partial charge is 0.514 e.